The number of rotatable bonds is 7. The van der Waals surface area contributed by atoms with Crippen LogP contribution >= 0.6 is 0 Å². The molecule has 9 nitrogen and oxygen atoms in total. The molecule has 0 radical (unpaired) electrons. The van der Waals surface area contributed by atoms with Crippen molar-refractivity contribution < 1.29 is 9.31 Å². The van der Waals surface area contributed by atoms with E-state index in [4.69, 9.17) is 0 Å². The van der Waals surface area contributed by atoms with Gasteiger partial charge in [-0.3, -0.25) is 10.1 Å². The van der Waals surface area contributed by atoms with Gasteiger partial charge in [0.1, 0.15) is 18.0 Å². The van der Waals surface area contributed by atoms with Crippen molar-refractivity contribution in [2.45, 2.75) is 6.54 Å². The van der Waals surface area contributed by atoms with Gasteiger partial charge in [0.05, 0.1) is 11.5 Å². The summed E-state index contributed by atoms with van der Waals surface area (Å²) in [6, 6.07) is 21.5. The second kappa shape index (κ2) is 10.3. The number of hydrogen-bond donors (Lipinski definition) is 0. The Hall–Kier alpha value is -4.60. The highest BCUT2D eigenvalue weighted by Gasteiger charge is 2.32. The summed E-state index contributed by atoms with van der Waals surface area (Å²) in [7, 11) is 0. The summed E-state index contributed by atoms with van der Waals surface area (Å²) in [6.45, 7) is 2.65. The number of nitro groups is 1. The summed E-state index contributed by atoms with van der Waals surface area (Å²) < 4.78 is 13.3. The van der Waals surface area contributed by atoms with Crippen molar-refractivity contribution in [1.29, 1.82) is 0 Å². The molecule has 5 rings (SSSR count). The first kappa shape index (κ1) is 23.2. The topological polar surface area (TPSA) is 91.5 Å². The fourth-order valence-electron chi connectivity index (χ4n) is 4.32. The van der Waals surface area contributed by atoms with Crippen LogP contribution in [0.2, 0.25) is 0 Å². The van der Waals surface area contributed by atoms with Gasteiger partial charge in [0.25, 0.3) is 0 Å². The van der Waals surface area contributed by atoms with Gasteiger partial charge in [0, 0.05) is 38.1 Å². The highest BCUT2D eigenvalue weighted by atomic mass is 19.1. The van der Waals surface area contributed by atoms with Crippen LogP contribution in [0.15, 0.2) is 85.3 Å². The SMILES string of the molecule is O=[N+]([O-])c1c(N2CCN(c3ccc(F)cc3)CC2)ncnc1N(Cc1ccccc1)c1ccccn1. The Balaban J connectivity index is 1.47. The monoisotopic (exact) mass is 485 g/mol. The molecule has 1 fully saturated rings. The first-order valence-corrected chi connectivity index (χ1v) is 11.6. The summed E-state index contributed by atoms with van der Waals surface area (Å²) in [5, 5.41) is 12.4. The van der Waals surface area contributed by atoms with Crippen LogP contribution in [0.4, 0.5) is 33.2 Å². The number of nitrogens with zero attached hydrogens (tertiary/aromatic N) is 7. The summed E-state index contributed by atoms with van der Waals surface area (Å²) in [5.41, 5.74) is 1.72. The molecule has 1 saturated heterocycles. The van der Waals surface area contributed by atoms with Gasteiger partial charge in [-0.15, -0.1) is 0 Å². The lowest BCUT2D eigenvalue weighted by molar-refractivity contribution is -0.383. The maximum Gasteiger partial charge on any atom is 0.354 e. The third-order valence-corrected chi connectivity index (χ3v) is 6.10. The first-order valence-electron chi connectivity index (χ1n) is 11.6. The minimum Gasteiger partial charge on any atom is -0.368 e. The number of halogens is 1. The fraction of sp³-hybridized carbons (Fsp3) is 0.192. The third-order valence-electron chi connectivity index (χ3n) is 6.10. The molecule has 3 heterocycles. The molecule has 0 amide bonds. The molecular formula is C26H24FN7O2. The largest absolute Gasteiger partial charge is 0.368 e. The summed E-state index contributed by atoms with van der Waals surface area (Å²) in [4.78, 5) is 30.9. The molecule has 36 heavy (non-hydrogen) atoms. The summed E-state index contributed by atoms with van der Waals surface area (Å²) in [6.07, 6.45) is 3.01. The molecule has 1 aliphatic heterocycles. The van der Waals surface area contributed by atoms with Gasteiger partial charge in [0.15, 0.2) is 0 Å². The van der Waals surface area contributed by atoms with E-state index in [9.17, 15) is 14.5 Å². The van der Waals surface area contributed by atoms with E-state index in [0.717, 1.165) is 11.3 Å². The number of piperazine rings is 1. The fourth-order valence-corrected chi connectivity index (χ4v) is 4.32. The highest BCUT2D eigenvalue weighted by Crippen LogP contribution is 2.38. The van der Waals surface area contributed by atoms with Gasteiger partial charge in [-0.2, -0.15) is 0 Å². The molecule has 10 heteroatoms. The number of hydrogen-bond acceptors (Lipinski definition) is 8. The van der Waals surface area contributed by atoms with Crippen LogP contribution in [-0.2, 0) is 6.54 Å². The van der Waals surface area contributed by atoms with Crippen molar-refractivity contribution in [3.63, 3.8) is 0 Å². The van der Waals surface area contributed by atoms with Crippen LogP contribution in [0, 0.1) is 15.9 Å². The predicted molar refractivity (Wildman–Crippen MR) is 136 cm³/mol. The van der Waals surface area contributed by atoms with Gasteiger partial charge in [-0.25, -0.2) is 19.3 Å². The average molecular weight is 486 g/mol. The lowest BCUT2D eigenvalue weighted by Crippen LogP contribution is -2.47. The highest BCUT2D eigenvalue weighted by molar-refractivity contribution is 5.75. The smallest absolute Gasteiger partial charge is 0.354 e. The molecule has 182 valence electrons. The molecule has 0 atom stereocenters. The van der Waals surface area contributed by atoms with E-state index in [-0.39, 0.29) is 23.1 Å². The van der Waals surface area contributed by atoms with Gasteiger partial charge >= 0.3 is 5.69 Å². The van der Waals surface area contributed by atoms with E-state index in [2.05, 4.69) is 19.9 Å². The van der Waals surface area contributed by atoms with Gasteiger partial charge in [-0.1, -0.05) is 36.4 Å². The van der Waals surface area contributed by atoms with Gasteiger partial charge in [0.2, 0.25) is 11.6 Å². The van der Waals surface area contributed by atoms with Crippen LogP contribution in [-0.4, -0.2) is 46.1 Å². The molecule has 0 spiro atoms. The lowest BCUT2D eigenvalue weighted by Gasteiger charge is -2.36. The zero-order valence-electron chi connectivity index (χ0n) is 19.4. The van der Waals surface area contributed by atoms with E-state index in [1.165, 1.54) is 18.5 Å². The van der Waals surface area contributed by atoms with E-state index < -0.39 is 4.92 Å². The average Bonchev–Trinajstić information content (AvgIpc) is 2.93. The molecule has 4 aromatic rings. The maximum atomic E-state index is 13.3. The second-order valence-electron chi connectivity index (χ2n) is 8.34. The van der Waals surface area contributed by atoms with Crippen LogP contribution in [0.5, 0.6) is 0 Å². The Labute approximate surface area is 207 Å². The zero-order chi connectivity index (χ0) is 24.9. The van der Waals surface area contributed by atoms with Crippen molar-refractivity contribution >= 4 is 28.8 Å². The van der Waals surface area contributed by atoms with Crippen molar-refractivity contribution in [2.24, 2.45) is 0 Å². The lowest BCUT2D eigenvalue weighted by atomic mass is 10.2. The van der Waals surface area contributed by atoms with Crippen LogP contribution in [0.3, 0.4) is 0 Å². The van der Waals surface area contributed by atoms with Crippen molar-refractivity contribution in [3.05, 3.63) is 107 Å². The van der Waals surface area contributed by atoms with Gasteiger partial charge < -0.3 is 14.7 Å². The van der Waals surface area contributed by atoms with Crippen LogP contribution in [0.1, 0.15) is 5.56 Å². The Morgan fingerprint density at radius 3 is 2.22 bits per heavy atom. The van der Waals surface area contributed by atoms with E-state index in [1.54, 1.807) is 35.4 Å². The van der Waals surface area contributed by atoms with Crippen molar-refractivity contribution in [2.75, 3.05) is 40.9 Å². The number of anilines is 4. The minimum atomic E-state index is -0.419. The Morgan fingerprint density at radius 1 is 0.861 bits per heavy atom. The number of aromatic nitrogens is 3. The maximum absolute atomic E-state index is 13.3. The molecule has 0 saturated carbocycles. The summed E-state index contributed by atoms with van der Waals surface area (Å²) in [5.74, 6) is 0.732. The van der Waals surface area contributed by atoms with Crippen LogP contribution in [0.25, 0.3) is 0 Å². The number of benzene rings is 2. The Bertz CT molecular complexity index is 1320. The van der Waals surface area contributed by atoms with E-state index >= 15 is 0 Å². The van der Waals surface area contributed by atoms with E-state index in [1.807, 2.05) is 41.3 Å². The van der Waals surface area contributed by atoms with Crippen molar-refractivity contribution in [3.8, 4) is 0 Å². The summed E-state index contributed by atoms with van der Waals surface area (Å²) >= 11 is 0. The molecule has 2 aromatic heterocycles. The molecule has 0 N–H and O–H groups in total. The minimum absolute atomic E-state index is 0.158. The number of pyridine rings is 1. The molecule has 1 aliphatic rings. The molecule has 0 unspecified atom stereocenters. The van der Waals surface area contributed by atoms with E-state index in [0.29, 0.717) is 38.5 Å². The standard InChI is InChI=1S/C26H24FN7O2/c27-21-9-11-22(12-10-21)31-14-16-32(17-15-31)25-24(34(35)36)26(30-19-29-25)33(23-8-4-5-13-28-23)18-20-6-2-1-3-7-20/h1-13,19H,14-18H2. The Morgan fingerprint density at radius 2 is 1.56 bits per heavy atom. The third kappa shape index (κ3) is 4.92. The molecular weight excluding hydrogens is 461 g/mol. The quantitative estimate of drug-likeness (QED) is 0.277. The van der Waals surface area contributed by atoms with Crippen LogP contribution < -0.4 is 14.7 Å². The molecule has 0 aliphatic carbocycles. The Kier molecular flexibility index (Phi) is 6.65. The second-order valence-corrected chi connectivity index (χ2v) is 8.34. The zero-order valence-corrected chi connectivity index (χ0v) is 19.4. The first-order chi connectivity index (χ1) is 17.6. The van der Waals surface area contributed by atoms with Crippen molar-refractivity contribution in [1.82, 2.24) is 15.0 Å². The van der Waals surface area contributed by atoms with Gasteiger partial charge in [-0.05, 0) is 42.0 Å². The molecule has 0 bridgehead atoms. The normalized spacial score (nSPS) is 13.5. The predicted octanol–water partition coefficient (Wildman–Crippen LogP) is 4.58. The molecule has 2 aromatic carbocycles.